The van der Waals surface area contributed by atoms with Crippen molar-refractivity contribution >= 4 is 32.7 Å². The van der Waals surface area contributed by atoms with Crippen molar-refractivity contribution in [2.24, 2.45) is 0 Å². The summed E-state index contributed by atoms with van der Waals surface area (Å²) in [7, 11) is -4.22. The lowest BCUT2D eigenvalue weighted by molar-refractivity contribution is -0.137. The topological polar surface area (TPSA) is 106 Å². The summed E-state index contributed by atoms with van der Waals surface area (Å²) in [6, 6.07) is 11.7. The van der Waals surface area contributed by atoms with Crippen LogP contribution in [0.15, 0.2) is 65.8 Å². The van der Waals surface area contributed by atoms with Gasteiger partial charge in [0.25, 0.3) is 10.0 Å². The van der Waals surface area contributed by atoms with Gasteiger partial charge in [0.15, 0.2) is 5.78 Å². The first-order chi connectivity index (χ1) is 18.1. The first-order valence-electron chi connectivity index (χ1n) is 11.9. The number of nitrogens with one attached hydrogen (secondary N) is 2. The Morgan fingerprint density at radius 3 is 2.58 bits per heavy atom. The van der Waals surface area contributed by atoms with Crippen LogP contribution >= 0.6 is 0 Å². The van der Waals surface area contributed by atoms with Crippen molar-refractivity contribution in [3.8, 4) is 11.3 Å². The molecule has 0 aliphatic carbocycles. The molecule has 0 bridgehead atoms. The van der Waals surface area contributed by atoms with Gasteiger partial charge in [0.2, 0.25) is 5.95 Å². The summed E-state index contributed by atoms with van der Waals surface area (Å²) in [5, 5.41) is 6.50. The number of carbonyl (C=O) groups is 1. The van der Waals surface area contributed by atoms with Crippen LogP contribution in [-0.4, -0.2) is 47.3 Å². The van der Waals surface area contributed by atoms with E-state index in [1.807, 2.05) is 0 Å². The van der Waals surface area contributed by atoms with Gasteiger partial charge in [-0.05, 0) is 44.5 Å². The molecule has 8 nitrogen and oxygen atoms in total. The Kier molecular flexibility index (Phi) is 6.70. The number of alkyl halides is 3. The minimum Gasteiger partial charge on any atom is -0.350 e. The van der Waals surface area contributed by atoms with Crippen LogP contribution in [0.1, 0.15) is 35.7 Å². The molecule has 12 heteroatoms. The van der Waals surface area contributed by atoms with Crippen LogP contribution in [0.3, 0.4) is 0 Å². The second-order valence-electron chi connectivity index (χ2n) is 9.09. The molecule has 4 aromatic rings. The van der Waals surface area contributed by atoms with Gasteiger partial charge in [-0.25, -0.2) is 22.4 Å². The van der Waals surface area contributed by atoms with E-state index in [9.17, 15) is 26.4 Å². The number of hydrogen-bond donors (Lipinski definition) is 2. The molecule has 0 radical (unpaired) electrons. The van der Waals surface area contributed by atoms with Crippen LogP contribution in [0, 0.1) is 0 Å². The molecule has 0 spiro atoms. The molecule has 3 heterocycles. The molecular weight excluding hydrogens is 519 g/mol. The quantitative estimate of drug-likeness (QED) is 0.339. The van der Waals surface area contributed by atoms with Crippen LogP contribution in [0.25, 0.3) is 22.2 Å². The first-order valence-corrected chi connectivity index (χ1v) is 13.4. The Balaban J connectivity index is 1.74. The number of benzene rings is 2. The largest absolute Gasteiger partial charge is 0.419 e. The molecule has 198 valence electrons. The minimum absolute atomic E-state index is 0.00822. The maximum atomic E-state index is 14.1. The van der Waals surface area contributed by atoms with E-state index in [0.29, 0.717) is 12.7 Å². The third-order valence-corrected chi connectivity index (χ3v) is 8.15. The summed E-state index contributed by atoms with van der Waals surface area (Å²) in [5.74, 6) is -0.308. The van der Waals surface area contributed by atoms with Crippen LogP contribution in [-0.2, 0) is 16.2 Å². The van der Waals surface area contributed by atoms with E-state index in [-0.39, 0.29) is 44.7 Å². The predicted octanol–water partition coefficient (Wildman–Crippen LogP) is 4.72. The van der Waals surface area contributed by atoms with Crippen molar-refractivity contribution in [3.05, 3.63) is 72.1 Å². The number of ketones is 1. The minimum atomic E-state index is -4.80. The lowest BCUT2D eigenvalue weighted by Crippen LogP contribution is -2.38. The fourth-order valence-electron chi connectivity index (χ4n) is 4.53. The van der Waals surface area contributed by atoms with Gasteiger partial charge in [0, 0.05) is 41.5 Å². The van der Waals surface area contributed by atoms with E-state index in [1.54, 1.807) is 18.2 Å². The van der Waals surface area contributed by atoms with E-state index in [0.717, 1.165) is 29.6 Å². The van der Waals surface area contributed by atoms with Gasteiger partial charge in [-0.15, -0.1) is 0 Å². The molecule has 0 saturated carbocycles. The maximum Gasteiger partial charge on any atom is 0.419 e. The van der Waals surface area contributed by atoms with Gasteiger partial charge in [-0.1, -0.05) is 30.3 Å². The highest BCUT2D eigenvalue weighted by molar-refractivity contribution is 7.90. The van der Waals surface area contributed by atoms with E-state index >= 15 is 0 Å². The molecule has 1 fully saturated rings. The average Bonchev–Trinajstić information content (AvgIpc) is 3.29. The number of nitrogens with zero attached hydrogens (tertiary/aromatic N) is 3. The number of halogens is 3. The third kappa shape index (κ3) is 4.88. The Morgan fingerprint density at radius 2 is 1.92 bits per heavy atom. The predicted molar refractivity (Wildman–Crippen MR) is 137 cm³/mol. The molecule has 1 aliphatic rings. The zero-order valence-electron chi connectivity index (χ0n) is 20.3. The number of piperidine rings is 1. The van der Waals surface area contributed by atoms with Crippen LogP contribution in [0.4, 0.5) is 19.1 Å². The molecule has 2 N–H and O–H groups in total. The lowest BCUT2D eigenvalue weighted by atomic mass is 10.0. The van der Waals surface area contributed by atoms with Gasteiger partial charge in [0.05, 0.1) is 16.1 Å². The number of Topliss-reactive ketones (excluding diaryl/α,β-unsaturated/α-hetero) is 1. The highest BCUT2D eigenvalue weighted by atomic mass is 32.2. The molecular formula is C26H24F3N5O3S. The normalized spacial score (nSPS) is 16.5. The standard InChI is InChI=1S/C26H24F3N5O3S/c1-16(35)17-9-10-20-21(15-34(23(20)12-17)38(36,37)19-7-3-2-4-8-19)24-22(26(27,28)29)14-31-25(33-24)32-18-6-5-11-30-13-18/h2-4,7-10,12,14-15,18,30H,5-6,11,13H2,1H3,(H,31,32,33)/t18-/m0/s1. The summed E-state index contributed by atoms with van der Waals surface area (Å²) in [6.45, 7) is 2.79. The lowest BCUT2D eigenvalue weighted by Gasteiger charge is -2.24. The fourth-order valence-corrected chi connectivity index (χ4v) is 5.91. The van der Waals surface area contributed by atoms with Gasteiger partial charge < -0.3 is 10.6 Å². The van der Waals surface area contributed by atoms with Crippen molar-refractivity contribution in [2.75, 3.05) is 18.4 Å². The SMILES string of the molecule is CC(=O)c1ccc2c(-c3nc(N[C@H]4CCCNC4)ncc3C(F)(F)F)cn(S(=O)(=O)c3ccccc3)c2c1. The van der Waals surface area contributed by atoms with Crippen molar-refractivity contribution in [1.29, 1.82) is 0 Å². The second kappa shape index (κ2) is 9.84. The second-order valence-corrected chi connectivity index (χ2v) is 10.9. The van der Waals surface area contributed by atoms with Crippen LogP contribution < -0.4 is 10.6 Å². The zero-order valence-corrected chi connectivity index (χ0v) is 21.1. The van der Waals surface area contributed by atoms with Gasteiger partial charge in [0.1, 0.15) is 5.56 Å². The maximum absolute atomic E-state index is 14.1. The van der Waals surface area contributed by atoms with Crippen LogP contribution in [0.5, 0.6) is 0 Å². The van der Waals surface area contributed by atoms with Crippen LogP contribution in [0.2, 0.25) is 0 Å². The van der Waals surface area contributed by atoms with E-state index < -0.39 is 27.5 Å². The number of hydrogen-bond acceptors (Lipinski definition) is 7. The van der Waals surface area contributed by atoms with Gasteiger partial charge in [-0.3, -0.25) is 4.79 Å². The van der Waals surface area contributed by atoms with Gasteiger partial charge >= 0.3 is 6.18 Å². The van der Waals surface area contributed by atoms with E-state index in [4.69, 9.17) is 0 Å². The highest BCUT2D eigenvalue weighted by Gasteiger charge is 2.37. The molecule has 2 aromatic carbocycles. The summed E-state index contributed by atoms with van der Waals surface area (Å²) in [4.78, 5) is 20.2. The molecule has 1 saturated heterocycles. The Hall–Kier alpha value is -3.77. The molecule has 38 heavy (non-hydrogen) atoms. The number of carbonyl (C=O) groups excluding carboxylic acids is 1. The molecule has 1 atom stereocenters. The van der Waals surface area contributed by atoms with Crippen molar-refractivity contribution in [1.82, 2.24) is 19.3 Å². The smallest absolute Gasteiger partial charge is 0.350 e. The number of anilines is 1. The van der Waals surface area contributed by atoms with Crippen molar-refractivity contribution < 1.29 is 26.4 Å². The van der Waals surface area contributed by atoms with Gasteiger partial charge in [-0.2, -0.15) is 13.2 Å². The molecule has 1 aliphatic heterocycles. The Labute approximate surface area is 217 Å². The third-order valence-electron chi connectivity index (χ3n) is 6.46. The van der Waals surface area contributed by atoms with E-state index in [1.165, 1.54) is 37.3 Å². The van der Waals surface area contributed by atoms with E-state index in [2.05, 4.69) is 20.6 Å². The zero-order chi connectivity index (χ0) is 27.1. The summed E-state index contributed by atoms with van der Waals surface area (Å²) < 4.78 is 70.4. The average molecular weight is 544 g/mol. The van der Waals surface area contributed by atoms with Crippen molar-refractivity contribution in [3.63, 3.8) is 0 Å². The molecule has 0 amide bonds. The summed E-state index contributed by atoms with van der Waals surface area (Å²) in [6.07, 6.45) is -1.27. The Morgan fingerprint density at radius 1 is 1.16 bits per heavy atom. The molecule has 0 unspecified atom stereocenters. The summed E-state index contributed by atoms with van der Waals surface area (Å²) >= 11 is 0. The fraction of sp³-hybridized carbons (Fsp3) is 0.269. The molecule has 5 rings (SSSR count). The number of aromatic nitrogens is 3. The Bertz CT molecular complexity index is 1610. The number of fused-ring (bicyclic) bond motifs is 1. The first kappa shape index (κ1) is 25.9. The highest BCUT2D eigenvalue weighted by Crippen LogP contribution is 2.40. The molecule has 2 aromatic heterocycles. The monoisotopic (exact) mass is 543 g/mol. The van der Waals surface area contributed by atoms with Crippen molar-refractivity contribution in [2.45, 2.75) is 36.9 Å². The number of rotatable bonds is 6. The summed E-state index contributed by atoms with van der Waals surface area (Å²) in [5.41, 5.74) is -1.32.